The molecule has 2 nitrogen and oxygen atoms in total. The second kappa shape index (κ2) is 5.17. The Kier molecular flexibility index (Phi) is 3.85. The van der Waals surface area contributed by atoms with Gasteiger partial charge >= 0.3 is 0 Å². The number of halogens is 1. The minimum Gasteiger partial charge on any atom is -0.327 e. The van der Waals surface area contributed by atoms with E-state index in [1.807, 2.05) is 18.2 Å². The van der Waals surface area contributed by atoms with E-state index in [1.54, 1.807) is 0 Å². The van der Waals surface area contributed by atoms with Crippen molar-refractivity contribution in [1.82, 2.24) is 4.90 Å². The van der Waals surface area contributed by atoms with Gasteiger partial charge in [-0.05, 0) is 44.0 Å². The van der Waals surface area contributed by atoms with Gasteiger partial charge in [0.25, 0.3) is 0 Å². The van der Waals surface area contributed by atoms with Crippen LogP contribution in [0.15, 0.2) is 24.3 Å². The summed E-state index contributed by atoms with van der Waals surface area (Å²) in [6, 6.07) is 8.85. The van der Waals surface area contributed by atoms with Crippen LogP contribution in [0.3, 0.4) is 0 Å². The lowest BCUT2D eigenvalue weighted by Gasteiger charge is -2.35. The molecule has 1 saturated heterocycles. The molecule has 2 rings (SSSR count). The molecule has 2 N–H and O–H groups in total. The van der Waals surface area contributed by atoms with E-state index < -0.39 is 0 Å². The Morgan fingerprint density at radius 3 is 3.00 bits per heavy atom. The first-order valence-corrected chi connectivity index (χ1v) is 6.29. The first kappa shape index (κ1) is 11.9. The molecule has 0 bridgehead atoms. The minimum atomic E-state index is 0.329. The van der Waals surface area contributed by atoms with Gasteiger partial charge < -0.3 is 5.73 Å². The molecule has 0 amide bonds. The average Bonchev–Trinajstić information content (AvgIpc) is 2.28. The lowest BCUT2D eigenvalue weighted by molar-refractivity contribution is 0.159. The topological polar surface area (TPSA) is 29.3 Å². The molecule has 1 heterocycles. The Labute approximate surface area is 102 Å². The summed E-state index contributed by atoms with van der Waals surface area (Å²) in [6.07, 6.45) is 2.35. The smallest absolute Gasteiger partial charge is 0.0409 e. The van der Waals surface area contributed by atoms with Gasteiger partial charge in [-0.15, -0.1) is 0 Å². The van der Waals surface area contributed by atoms with Crippen LogP contribution in [-0.2, 0) is 0 Å². The van der Waals surface area contributed by atoms with Crippen molar-refractivity contribution in [2.24, 2.45) is 5.73 Å². The molecule has 3 heteroatoms. The number of likely N-dealkylation sites (tertiary alicyclic amines) is 1. The van der Waals surface area contributed by atoms with Crippen molar-refractivity contribution in [3.63, 3.8) is 0 Å². The van der Waals surface area contributed by atoms with Crippen LogP contribution in [0.25, 0.3) is 0 Å². The van der Waals surface area contributed by atoms with Gasteiger partial charge in [0.15, 0.2) is 0 Å². The van der Waals surface area contributed by atoms with Crippen LogP contribution in [0, 0.1) is 0 Å². The SMILES string of the molecule is C[C@H](c1cccc(Cl)c1)N1CCC[C@@H](N)C1. The highest BCUT2D eigenvalue weighted by atomic mass is 35.5. The van der Waals surface area contributed by atoms with Crippen molar-refractivity contribution < 1.29 is 0 Å². The predicted octanol–water partition coefficient (Wildman–Crippen LogP) is 2.82. The second-order valence-electron chi connectivity index (χ2n) is 4.63. The zero-order valence-electron chi connectivity index (χ0n) is 9.70. The highest BCUT2D eigenvalue weighted by Crippen LogP contribution is 2.25. The number of hydrogen-bond donors (Lipinski definition) is 1. The fourth-order valence-corrected chi connectivity index (χ4v) is 2.57. The third-order valence-corrected chi connectivity index (χ3v) is 3.60. The van der Waals surface area contributed by atoms with Crippen molar-refractivity contribution in [3.05, 3.63) is 34.9 Å². The van der Waals surface area contributed by atoms with E-state index in [0.29, 0.717) is 12.1 Å². The molecule has 1 aliphatic heterocycles. The molecule has 1 aromatic rings. The van der Waals surface area contributed by atoms with E-state index in [4.69, 9.17) is 17.3 Å². The van der Waals surface area contributed by atoms with Crippen molar-refractivity contribution in [3.8, 4) is 0 Å². The standard InChI is InChI=1S/C13H19ClN2/c1-10(11-4-2-5-12(14)8-11)16-7-3-6-13(15)9-16/h2,4-5,8,10,13H,3,6-7,9,15H2,1H3/t10-,13-/m1/s1. The summed E-state index contributed by atoms with van der Waals surface area (Å²) in [4.78, 5) is 2.44. The molecule has 0 unspecified atom stereocenters. The Morgan fingerprint density at radius 2 is 2.31 bits per heavy atom. The summed E-state index contributed by atoms with van der Waals surface area (Å²) in [5.41, 5.74) is 7.28. The van der Waals surface area contributed by atoms with E-state index in [1.165, 1.54) is 12.0 Å². The zero-order chi connectivity index (χ0) is 11.5. The number of nitrogens with two attached hydrogens (primary N) is 1. The summed E-state index contributed by atoms with van der Waals surface area (Å²) in [6.45, 7) is 4.36. The summed E-state index contributed by atoms with van der Waals surface area (Å²) in [5.74, 6) is 0. The van der Waals surface area contributed by atoms with Gasteiger partial charge in [-0.1, -0.05) is 23.7 Å². The summed E-state index contributed by atoms with van der Waals surface area (Å²) in [7, 11) is 0. The molecule has 1 fully saturated rings. The number of benzene rings is 1. The summed E-state index contributed by atoms with van der Waals surface area (Å²) < 4.78 is 0. The third kappa shape index (κ3) is 2.76. The first-order valence-electron chi connectivity index (χ1n) is 5.92. The van der Waals surface area contributed by atoms with Crippen molar-refractivity contribution in [1.29, 1.82) is 0 Å². The maximum Gasteiger partial charge on any atom is 0.0409 e. The fourth-order valence-electron chi connectivity index (χ4n) is 2.37. The number of piperidine rings is 1. The van der Waals surface area contributed by atoms with Crippen molar-refractivity contribution >= 4 is 11.6 Å². The average molecular weight is 239 g/mol. The van der Waals surface area contributed by atoms with E-state index in [9.17, 15) is 0 Å². The van der Waals surface area contributed by atoms with Crippen LogP contribution in [0.2, 0.25) is 5.02 Å². The lowest BCUT2D eigenvalue weighted by Crippen LogP contribution is -2.43. The minimum absolute atomic E-state index is 0.329. The molecule has 1 aromatic carbocycles. The quantitative estimate of drug-likeness (QED) is 0.859. The maximum absolute atomic E-state index is 6.01. The normalized spacial score (nSPS) is 24.3. The molecule has 1 aliphatic rings. The van der Waals surface area contributed by atoms with Crippen LogP contribution in [-0.4, -0.2) is 24.0 Å². The maximum atomic E-state index is 6.01. The molecule has 0 spiro atoms. The van der Waals surface area contributed by atoms with Gasteiger partial charge in [-0.2, -0.15) is 0 Å². The monoisotopic (exact) mass is 238 g/mol. The largest absolute Gasteiger partial charge is 0.327 e. The highest BCUT2D eigenvalue weighted by molar-refractivity contribution is 6.30. The Bertz CT molecular complexity index is 354. The van der Waals surface area contributed by atoms with Crippen LogP contribution in [0.4, 0.5) is 0 Å². The summed E-state index contributed by atoms with van der Waals surface area (Å²) in [5, 5.41) is 0.811. The second-order valence-corrected chi connectivity index (χ2v) is 5.06. The molecule has 0 aromatic heterocycles. The molecule has 16 heavy (non-hydrogen) atoms. The van der Waals surface area contributed by atoms with Crippen LogP contribution < -0.4 is 5.73 Å². The highest BCUT2D eigenvalue weighted by Gasteiger charge is 2.22. The van der Waals surface area contributed by atoms with E-state index >= 15 is 0 Å². The number of rotatable bonds is 2. The third-order valence-electron chi connectivity index (χ3n) is 3.37. The summed E-state index contributed by atoms with van der Waals surface area (Å²) >= 11 is 6.01. The van der Waals surface area contributed by atoms with Gasteiger partial charge in [0.05, 0.1) is 0 Å². The van der Waals surface area contributed by atoms with Gasteiger partial charge in [0.2, 0.25) is 0 Å². The van der Waals surface area contributed by atoms with E-state index in [-0.39, 0.29) is 0 Å². The lowest BCUT2D eigenvalue weighted by atomic mass is 10.0. The molecule has 88 valence electrons. The van der Waals surface area contributed by atoms with Crippen molar-refractivity contribution in [2.75, 3.05) is 13.1 Å². The Hall–Kier alpha value is -0.570. The van der Waals surface area contributed by atoms with Crippen LogP contribution in [0.5, 0.6) is 0 Å². The first-order chi connectivity index (χ1) is 7.66. The van der Waals surface area contributed by atoms with Gasteiger partial charge in [0.1, 0.15) is 0 Å². The molecular weight excluding hydrogens is 220 g/mol. The fraction of sp³-hybridized carbons (Fsp3) is 0.538. The molecule has 0 aliphatic carbocycles. The molecule has 0 saturated carbocycles. The predicted molar refractivity (Wildman–Crippen MR) is 68.6 cm³/mol. The van der Waals surface area contributed by atoms with Gasteiger partial charge in [0, 0.05) is 23.7 Å². The van der Waals surface area contributed by atoms with E-state index in [2.05, 4.69) is 17.9 Å². The Balaban J connectivity index is 2.09. The van der Waals surface area contributed by atoms with Crippen LogP contribution >= 0.6 is 11.6 Å². The molecule has 2 atom stereocenters. The van der Waals surface area contributed by atoms with Gasteiger partial charge in [-0.25, -0.2) is 0 Å². The molecular formula is C13H19ClN2. The molecule has 0 radical (unpaired) electrons. The van der Waals surface area contributed by atoms with E-state index in [0.717, 1.165) is 24.5 Å². The number of nitrogens with zero attached hydrogens (tertiary/aromatic N) is 1. The zero-order valence-corrected chi connectivity index (χ0v) is 10.5. The van der Waals surface area contributed by atoms with Crippen molar-refractivity contribution in [2.45, 2.75) is 31.8 Å². The Morgan fingerprint density at radius 1 is 1.50 bits per heavy atom. The number of hydrogen-bond acceptors (Lipinski definition) is 2. The van der Waals surface area contributed by atoms with Crippen LogP contribution in [0.1, 0.15) is 31.4 Å². The van der Waals surface area contributed by atoms with Gasteiger partial charge in [-0.3, -0.25) is 4.90 Å².